The molecule has 1 amide bonds. The van der Waals surface area contributed by atoms with Crippen LogP contribution in [0.3, 0.4) is 0 Å². The van der Waals surface area contributed by atoms with Crippen molar-refractivity contribution in [3.63, 3.8) is 0 Å². The van der Waals surface area contributed by atoms with Crippen LogP contribution in [-0.4, -0.2) is 49.0 Å². The molecule has 1 saturated heterocycles. The lowest BCUT2D eigenvalue weighted by atomic mass is 10.2. The zero-order chi connectivity index (χ0) is 17.9. The number of methoxy groups -OCH3 is 1. The van der Waals surface area contributed by atoms with Crippen LogP contribution in [0.25, 0.3) is 0 Å². The molecule has 2 N–H and O–H groups in total. The first-order valence-electron chi connectivity index (χ1n) is 7.69. The van der Waals surface area contributed by atoms with E-state index in [1.807, 2.05) is 0 Å². The SMILES string of the molecule is COc1ccc(NC(=O)c2cc(NC3CCS(=O)(=O)C3)ncn2)cc1. The first-order chi connectivity index (χ1) is 11.9. The summed E-state index contributed by atoms with van der Waals surface area (Å²) in [6.07, 6.45) is 1.80. The van der Waals surface area contributed by atoms with Gasteiger partial charge in [-0.05, 0) is 30.7 Å². The zero-order valence-electron chi connectivity index (χ0n) is 13.6. The molecule has 2 aromatic rings. The van der Waals surface area contributed by atoms with Crippen LogP contribution in [0.15, 0.2) is 36.7 Å². The lowest BCUT2D eigenvalue weighted by molar-refractivity contribution is 0.102. The van der Waals surface area contributed by atoms with Crippen molar-refractivity contribution >= 4 is 27.2 Å². The van der Waals surface area contributed by atoms with Gasteiger partial charge in [0.15, 0.2) is 9.84 Å². The summed E-state index contributed by atoms with van der Waals surface area (Å²) in [6.45, 7) is 0. The van der Waals surface area contributed by atoms with Crippen LogP contribution in [0.4, 0.5) is 11.5 Å². The number of anilines is 2. The van der Waals surface area contributed by atoms with E-state index in [0.29, 0.717) is 23.7 Å². The molecule has 0 bridgehead atoms. The minimum absolute atomic E-state index is 0.0738. The van der Waals surface area contributed by atoms with Crippen molar-refractivity contribution < 1.29 is 17.9 Å². The lowest BCUT2D eigenvalue weighted by Gasteiger charge is -2.12. The summed E-state index contributed by atoms with van der Waals surface area (Å²) in [5.41, 5.74) is 0.801. The molecular formula is C16H18N4O4S. The normalized spacial score (nSPS) is 18.5. The van der Waals surface area contributed by atoms with Crippen LogP contribution in [0.5, 0.6) is 5.75 Å². The Kier molecular flexibility index (Phi) is 4.84. The van der Waals surface area contributed by atoms with E-state index in [4.69, 9.17) is 4.74 Å². The number of nitrogens with zero attached hydrogens (tertiary/aromatic N) is 2. The van der Waals surface area contributed by atoms with Crippen LogP contribution in [0, 0.1) is 0 Å². The molecule has 2 heterocycles. The minimum atomic E-state index is -2.98. The van der Waals surface area contributed by atoms with Crippen LogP contribution in [0.2, 0.25) is 0 Å². The van der Waals surface area contributed by atoms with E-state index in [-0.39, 0.29) is 29.1 Å². The number of nitrogens with one attached hydrogen (secondary N) is 2. The summed E-state index contributed by atoms with van der Waals surface area (Å²) in [6, 6.07) is 8.23. The number of amides is 1. The average molecular weight is 362 g/mol. The van der Waals surface area contributed by atoms with Crippen LogP contribution < -0.4 is 15.4 Å². The van der Waals surface area contributed by atoms with Gasteiger partial charge in [-0.1, -0.05) is 0 Å². The maximum Gasteiger partial charge on any atom is 0.274 e. The molecule has 132 valence electrons. The summed E-state index contributed by atoms with van der Waals surface area (Å²) < 4.78 is 28.1. The third-order valence-corrected chi connectivity index (χ3v) is 5.60. The molecule has 1 aliphatic heterocycles. The van der Waals surface area contributed by atoms with E-state index >= 15 is 0 Å². The topological polar surface area (TPSA) is 110 Å². The third kappa shape index (κ3) is 4.44. The number of rotatable bonds is 5. The predicted molar refractivity (Wildman–Crippen MR) is 93.7 cm³/mol. The molecule has 1 fully saturated rings. The van der Waals surface area contributed by atoms with Crippen LogP contribution in [0.1, 0.15) is 16.9 Å². The minimum Gasteiger partial charge on any atom is -0.497 e. The summed E-state index contributed by atoms with van der Waals surface area (Å²) in [5.74, 6) is 0.981. The van der Waals surface area contributed by atoms with Crippen molar-refractivity contribution in [2.24, 2.45) is 0 Å². The van der Waals surface area contributed by atoms with E-state index in [2.05, 4.69) is 20.6 Å². The second-order valence-corrected chi connectivity index (χ2v) is 7.94. The molecule has 0 saturated carbocycles. The monoisotopic (exact) mass is 362 g/mol. The quantitative estimate of drug-likeness (QED) is 0.826. The second kappa shape index (κ2) is 7.06. The molecule has 9 heteroatoms. The molecule has 0 radical (unpaired) electrons. The highest BCUT2D eigenvalue weighted by Gasteiger charge is 2.28. The first-order valence-corrected chi connectivity index (χ1v) is 9.52. The number of hydrogen-bond donors (Lipinski definition) is 2. The highest BCUT2D eigenvalue weighted by molar-refractivity contribution is 7.91. The van der Waals surface area contributed by atoms with Gasteiger partial charge >= 0.3 is 0 Å². The van der Waals surface area contributed by atoms with Crippen molar-refractivity contribution in [3.05, 3.63) is 42.4 Å². The van der Waals surface area contributed by atoms with Gasteiger partial charge in [0.1, 0.15) is 23.6 Å². The van der Waals surface area contributed by atoms with E-state index in [9.17, 15) is 13.2 Å². The zero-order valence-corrected chi connectivity index (χ0v) is 14.4. The van der Waals surface area contributed by atoms with E-state index < -0.39 is 9.84 Å². The number of aromatic nitrogens is 2. The van der Waals surface area contributed by atoms with Gasteiger partial charge in [0.05, 0.1) is 18.6 Å². The summed E-state index contributed by atoms with van der Waals surface area (Å²) in [5, 5.41) is 5.78. The Hall–Kier alpha value is -2.68. The van der Waals surface area contributed by atoms with Crippen molar-refractivity contribution in [3.8, 4) is 5.75 Å². The second-order valence-electron chi connectivity index (χ2n) is 5.72. The van der Waals surface area contributed by atoms with Gasteiger partial charge in [0, 0.05) is 17.8 Å². The fourth-order valence-electron chi connectivity index (χ4n) is 2.55. The van der Waals surface area contributed by atoms with Crippen molar-refractivity contribution in [1.29, 1.82) is 0 Å². The number of ether oxygens (including phenoxy) is 1. The molecule has 1 aromatic carbocycles. The van der Waals surface area contributed by atoms with E-state index in [0.717, 1.165) is 0 Å². The maximum absolute atomic E-state index is 12.3. The largest absolute Gasteiger partial charge is 0.497 e. The first kappa shape index (κ1) is 17.2. The Morgan fingerprint density at radius 3 is 2.64 bits per heavy atom. The molecule has 1 aliphatic rings. The molecule has 1 unspecified atom stereocenters. The Balaban J connectivity index is 1.66. The fourth-order valence-corrected chi connectivity index (χ4v) is 4.22. The molecule has 1 atom stereocenters. The van der Waals surface area contributed by atoms with Gasteiger partial charge in [0.2, 0.25) is 0 Å². The molecule has 0 spiro atoms. The number of hydrogen-bond acceptors (Lipinski definition) is 7. The lowest BCUT2D eigenvalue weighted by Crippen LogP contribution is -2.22. The number of benzene rings is 1. The summed E-state index contributed by atoms with van der Waals surface area (Å²) >= 11 is 0. The Morgan fingerprint density at radius 1 is 1.24 bits per heavy atom. The molecule has 3 rings (SSSR count). The molecular weight excluding hydrogens is 344 g/mol. The van der Waals surface area contributed by atoms with Gasteiger partial charge in [-0.25, -0.2) is 18.4 Å². The van der Waals surface area contributed by atoms with Crippen LogP contribution in [-0.2, 0) is 9.84 Å². The van der Waals surface area contributed by atoms with Gasteiger partial charge in [-0.15, -0.1) is 0 Å². The standard InChI is InChI=1S/C16H18N4O4S/c1-24-13-4-2-11(3-5-13)20-16(21)14-8-15(18-10-17-14)19-12-6-7-25(22,23)9-12/h2-5,8,10,12H,6-7,9H2,1H3,(H,20,21)(H,17,18,19). The molecule has 0 aliphatic carbocycles. The number of sulfone groups is 1. The average Bonchev–Trinajstić information content (AvgIpc) is 2.94. The molecule has 25 heavy (non-hydrogen) atoms. The Labute approximate surface area is 145 Å². The Morgan fingerprint density at radius 2 is 2.00 bits per heavy atom. The highest BCUT2D eigenvalue weighted by Crippen LogP contribution is 2.18. The smallest absolute Gasteiger partial charge is 0.274 e. The van der Waals surface area contributed by atoms with Gasteiger partial charge in [-0.2, -0.15) is 0 Å². The van der Waals surface area contributed by atoms with E-state index in [1.54, 1.807) is 31.4 Å². The maximum atomic E-state index is 12.3. The van der Waals surface area contributed by atoms with Crippen molar-refractivity contribution in [1.82, 2.24) is 9.97 Å². The number of carbonyl (C=O) groups excluding carboxylic acids is 1. The Bertz CT molecular complexity index is 868. The third-order valence-electron chi connectivity index (χ3n) is 3.83. The summed E-state index contributed by atoms with van der Waals surface area (Å²) in [7, 11) is -1.42. The van der Waals surface area contributed by atoms with Crippen molar-refractivity contribution in [2.45, 2.75) is 12.5 Å². The summed E-state index contributed by atoms with van der Waals surface area (Å²) in [4.78, 5) is 20.3. The van der Waals surface area contributed by atoms with Gasteiger partial charge < -0.3 is 15.4 Å². The predicted octanol–water partition coefficient (Wildman–Crippen LogP) is 1.34. The number of carbonyl (C=O) groups is 1. The van der Waals surface area contributed by atoms with Gasteiger partial charge in [0.25, 0.3) is 5.91 Å². The van der Waals surface area contributed by atoms with E-state index in [1.165, 1.54) is 12.4 Å². The van der Waals surface area contributed by atoms with Crippen LogP contribution >= 0.6 is 0 Å². The molecule has 8 nitrogen and oxygen atoms in total. The molecule has 1 aromatic heterocycles. The van der Waals surface area contributed by atoms with Gasteiger partial charge in [-0.3, -0.25) is 4.79 Å². The van der Waals surface area contributed by atoms with Crippen molar-refractivity contribution in [2.75, 3.05) is 29.2 Å². The highest BCUT2D eigenvalue weighted by atomic mass is 32.2. The fraction of sp³-hybridized carbons (Fsp3) is 0.312.